The SMILES string of the molecule is CC(C)OP(=O)(OC(C)C)C1(P(=O)(OC(C)C)OC(C)C)C=C2C=CCNC2=C1. The molecule has 0 saturated carbocycles. The zero-order valence-electron chi connectivity index (χ0n) is 18.7. The molecule has 0 saturated heterocycles. The third-order valence-corrected chi connectivity index (χ3v) is 10.6. The second kappa shape index (κ2) is 9.21. The topological polar surface area (TPSA) is 83.1 Å². The lowest BCUT2D eigenvalue weighted by Crippen LogP contribution is -2.32. The van der Waals surface area contributed by atoms with E-state index in [9.17, 15) is 9.13 Å². The Labute approximate surface area is 175 Å². The van der Waals surface area contributed by atoms with Crippen LogP contribution in [0.1, 0.15) is 55.4 Å². The molecule has 29 heavy (non-hydrogen) atoms. The standard InChI is InChI=1S/C20H35NO6P2/c1-14(2)24-28(22,25-15(3)4)20(12-18-10-9-11-21-19(18)13-20)29(23,26-16(5)6)27-17(7)8/h9-10,12-17,21H,11H2,1-8H3. The molecule has 2 rings (SSSR count). The molecule has 0 amide bonds. The number of hydrogen-bond acceptors (Lipinski definition) is 7. The smallest absolute Gasteiger partial charge is 0.357 e. The van der Waals surface area contributed by atoms with E-state index in [0.29, 0.717) is 12.2 Å². The fourth-order valence-corrected chi connectivity index (χ4v) is 9.18. The molecule has 0 unspecified atom stereocenters. The molecule has 1 N–H and O–H groups in total. The fraction of sp³-hybridized carbons (Fsp3) is 0.700. The Hall–Kier alpha value is -0.680. The minimum atomic E-state index is -4.06. The Bertz CT molecular complexity index is 716. The van der Waals surface area contributed by atoms with Crippen LogP contribution < -0.4 is 5.32 Å². The van der Waals surface area contributed by atoms with E-state index in [0.717, 1.165) is 5.57 Å². The average molecular weight is 447 g/mol. The molecule has 1 heterocycles. The zero-order chi connectivity index (χ0) is 22.0. The first kappa shape index (κ1) is 24.6. The summed E-state index contributed by atoms with van der Waals surface area (Å²) < 4.78 is 52.4. The molecule has 0 aromatic rings. The van der Waals surface area contributed by atoms with Gasteiger partial charge in [-0.2, -0.15) is 0 Å². The van der Waals surface area contributed by atoms with Crippen LogP contribution in [0.5, 0.6) is 0 Å². The Morgan fingerprint density at radius 1 is 0.793 bits per heavy atom. The van der Waals surface area contributed by atoms with Gasteiger partial charge in [-0.3, -0.25) is 9.13 Å². The van der Waals surface area contributed by atoms with E-state index < -0.39 is 44.5 Å². The van der Waals surface area contributed by atoms with E-state index >= 15 is 0 Å². The highest BCUT2D eigenvalue weighted by atomic mass is 31.2. The Balaban J connectivity index is 2.80. The highest BCUT2D eigenvalue weighted by molar-refractivity contribution is 7.75. The van der Waals surface area contributed by atoms with Gasteiger partial charge < -0.3 is 23.4 Å². The van der Waals surface area contributed by atoms with Crippen molar-refractivity contribution in [1.29, 1.82) is 0 Å². The van der Waals surface area contributed by atoms with E-state index in [-0.39, 0.29) is 0 Å². The Morgan fingerprint density at radius 3 is 1.55 bits per heavy atom. The summed E-state index contributed by atoms with van der Waals surface area (Å²) in [6, 6.07) is 0. The third-order valence-electron chi connectivity index (χ3n) is 4.02. The highest BCUT2D eigenvalue weighted by Gasteiger charge is 2.66. The summed E-state index contributed by atoms with van der Waals surface area (Å²) >= 11 is 0. The predicted molar refractivity (Wildman–Crippen MR) is 116 cm³/mol. The summed E-state index contributed by atoms with van der Waals surface area (Å²) in [7, 11) is -8.11. The van der Waals surface area contributed by atoms with Crippen LogP contribution >= 0.6 is 15.2 Å². The quantitative estimate of drug-likeness (QED) is 0.427. The van der Waals surface area contributed by atoms with Crippen LogP contribution in [0.4, 0.5) is 0 Å². The number of nitrogens with one attached hydrogen (secondary N) is 1. The van der Waals surface area contributed by atoms with Gasteiger partial charge in [-0.15, -0.1) is 0 Å². The van der Waals surface area contributed by atoms with Crippen molar-refractivity contribution < 1.29 is 27.2 Å². The molecule has 9 heteroatoms. The molecular weight excluding hydrogens is 412 g/mol. The summed E-state index contributed by atoms with van der Waals surface area (Å²) in [5.41, 5.74) is 1.48. The minimum absolute atomic E-state index is 0.425. The van der Waals surface area contributed by atoms with Crippen LogP contribution in [-0.2, 0) is 27.2 Å². The average Bonchev–Trinajstić information content (AvgIpc) is 2.93. The molecule has 2 aliphatic rings. The lowest BCUT2D eigenvalue weighted by atomic mass is 10.2. The van der Waals surface area contributed by atoms with E-state index in [1.807, 2.05) is 12.2 Å². The molecule has 166 valence electrons. The monoisotopic (exact) mass is 447 g/mol. The first-order valence-corrected chi connectivity index (χ1v) is 13.2. The van der Waals surface area contributed by atoms with Crippen molar-refractivity contribution >= 4 is 15.2 Å². The van der Waals surface area contributed by atoms with Crippen molar-refractivity contribution in [2.24, 2.45) is 0 Å². The molecule has 0 aromatic carbocycles. The first-order valence-electron chi connectivity index (χ1n) is 10.1. The van der Waals surface area contributed by atoms with E-state index in [1.165, 1.54) is 0 Å². The molecule has 0 spiro atoms. The van der Waals surface area contributed by atoms with E-state index in [4.69, 9.17) is 18.1 Å². The van der Waals surface area contributed by atoms with Gasteiger partial charge >= 0.3 is 15.2 Å². The van der Waals surface area contributed by atoms with Crippen LogP contribution in [0.25, 0.3) is 0 Å². The van der Waals surface area contributed by atoms with Crippen molar-refractivity contribution in [3.63, 3.8) is 0 Å². The summed E-state index contributed by atoms with van der Waals surface area (Å²) in [5.74, 6) is 0. The highest BCUT2D eigenvalue weighted by Crippen LogP contribution is 2.81. The van der Waals surface area contributed by atoms with Crippen LogP contribution in [0, 0.1) is 0 Å². The van der Waals surface area contributed by atoms with Crippen molar-refractivity contribution in [1.82, 2.24) is 5.32 Å². The first-order chi connectivity index (χ1) is 13.3. The van der Waals surface area contributed by atoms with Gasteiger partial charge in [0.1, 0.15) is 0 Å². The summed E-state index contributed by atoms with van der Waals surface area (Å²) in [5, 5.41) is 3.23. The van der Waals surface area contributed by atoms with Gasteiger partial charge in [-0.1, -0.05) is 12.2 Å². The van der Waals surface area contributed by atoms with Gasteiger partial charge in [0.2, 0.25) is 4.90 Å². The van der Waals surface area contributed by atoms with Gasteiger partial charge in [0.15, 0.2) is 0 Å². The third kappa shape index (κ3) is 5.15. The normalized spacial score (nSPS) is 19.0. The molecule has 0 fully saturated rings. The van der Waals surface area contributed by atoms with Crippen molar-refractivity contribution in [3.8, 4) is 0 Å². The van der Waals surface area contributed by atoms with Crippen molar-refractivity contribution in [2.75, 3.05) is 6.54 Å². The van der Waals surface area contributed by atoms with Gasteiger partial charge in [0.05, 0.1) is 24.4 Å². The van der Waals surface area contributed by atoms with Crippen molar-refractivity contribution in [3.05, 3.63) is 35.6 Å². The summed E-state index contributed by atoms with van der Waals surface area (Å²) in [6.07, 6.45) is 5.46. The van der Waals surface area contributed by atoms with Crippen LogP contribution in [0.2, 0.25) is 0 Å². The number of hydrogen-bond donors (Lipinski definition) is 1. The maximum atomic E-state index is 14.4. The number of fused-ring (bicyclic) bond motifs is 1. The molecule has 0 bridgehead atoms. The molecule has 1 aliphatic heterocycles. The van der Waals surface area contributed by atoms with E-state index in [1.54, 1.807) is 67.5 Å². The maximum Gasteiger partial charge on any atom is 0.357 e. The second-order valence-corrected chi connectivity index (χ2v) is 13.0. The van der Waals surface area contributed by atoms with Gasteiger partial charge in [0, 0.05) is 12.2 Å². The van der Waals surface area contributed by atoms with Crippen LogP contribution in [0.15, 0.2) is 35.6 Å². The summed E-state index contributed by atoms with van der Waals surface area (Å²) in [4.78, 5) is -1.70. The van der Waals surface area contributed by atoms with Gasteiger partial charge in [-0.25, -0.2) is 0 Å². The molecule has 0 aromatic heterocycles. The minimum Gasteiger partial charge on any atom is -0.381 e. The van der Waals surface area contributed by atoms with Crippen LogP contribution in [-0.4, -0.2) is 35.9 Å². The van der Waals surface area contributed by atoms with Crippen molar-refractivity contribution in [2.45, 2.75) is 84.7 Å². The molecule has 1 aliphatic carbocycles. The lowest BCUT2D eigenvalue weighted by Gasteiger charge is -2.40. The molecule has 0 atom stereocenters. The van der Waals surface area contributed by atoms with Gasteiger partial charge in [-0.05, 0) is 73.1 Å². The molecular formula is C20H35NO6P2. The Kier molecular flexibility index (Phi) is 7.81. The van der Waals surface area contributed by atoms with Crippen LogP contribution in [0.3, 0.4) is 0 Å². The van der Waals surface area contributed by atoms with Gasteiger partial charge in [0.25, 0.3) is 0 Å². The number of rotatable bonds is 10. The van der Waals surface area contributed by atoms with E-state index in [2.05, 4.69) is 5.32 Å². The fourth-order valence-electron chi connectivity index (χ4n) is 3.25. The Morgan fingerprint density at radius 2 is 1.21 bits per heavy atom. The predicted octanol–water partition coefficient (Wildman–Crippen LogP) is 5.75. The molecule has 7 nitrogen and oxygen atoms in total. The zero-order valence-corrected chi connectivity index (χ0v) is 20.5. The summed E-state index contributed by atoms with van der Waals surface area (Å²) in [6.45, 7) is 14.7. The lowest BCUT2D eigenvalue weighted by molar-refractivity contribution is 0.119. The largest absolute Gasteiger partial charge is 0.381 e. The molecule has 0 radical (unpaired) electrons. The number of allylic oxidation sites excluding steroid dienone is 3. The second-order valence-electron chi connectivity index (χ2n) is 8.34. The maximum absolute atomic E-state index is 14.4.